The summed E-state index contributed by atoms with van der Waals surface area (Å²) < 4.78 is 11.2. The lowest BCUT2D eigenvalue weighted by Gasteiger charge is -2.36. The molecule has 2 aliphatic heterocycles. The zero-order valence-electron chi connectivity index (χ0n) is 17.4. The van der Waals surface area contributed by atoms with Crippen molar-refractivity contribution in [3.8, 4) is 5.75 Å². The van der Waals surface area contributed by atoms with Crippen molar-refractivity contribution >= 4 is 6.03 Å². The molecule has 156 valence electrons. The molecule has 2 heterocycles. The topological polar surface area (TPSA) is 54.0 Å². The minimum atomic E-state index is 0.0418. The Kier molecular flexibility index (Phi) is 7.98. The zero-order valence-corrected chi connectivity index (χ0v) is 17.4. The van der Waals surface area contributed by atoms with Crippen LogP contribution in [0.25, 0.3) is 0 Å². The molecule has 3 rings (SSSR count). The van der Waals surface area contributed by atoms with Crippen LogP contribution in [0.2, 0.25) is 0 Å². The predicted octanol–water partition coefficient (Wildman–Crippen LogP) is 2.98. The number of amides is 2. The Morgan fingerprint density at radius 1 is 1.29 bits per heavy atom. The van der Waals surface area contributed by atoms with E-state index in [2.05, 4.69) is 24.1 Å². The van der Waals surface area contributed by atoms with Crippen LogP contribution in [-0.4, -0.2) is 68.4 Å². The van der Waals surface area contributed by atoms with Gasteiger partial charge < -0.3 is 19.7 Å². The molecule has 0 aromatic heterocycles. The summed E-state index contributed by atoms with van der Waals surface area (Å²) in [4.78, 5) is 17.1. The molecule has 1 atom stereocenters. The number of nitrogens with zero attached hydrogens (tertiary/aromatic N) is 2. The van der Waals surface area contributed by atoms with Crippen LogP contribution in [0.1, 0.15) is 32.3 Å². The Labute approximate surface area is 169 Å². The van der Waals surface area contributed by atoms with Gasteiger partial charge in [0.1, 0.15) is 5.75 Å². The van der Waals surface area contributed by atoms with E-state index in [1.807, 2.05) is 29.2 Å². The molecule has 0 bridgehead atoms. The average Bonchev–Trinajstić information content (AvgIpc) is 2.72. The van der Waals surface area contributed by atoms with Crippen LogP contribution >= 0.6 is 0 Å². The third-order valence-corrected chi connectivity index (χ3v) is 5.35. The normalized spacial score (nSPS) is 21.0. The Bertz CT molecular complexity index is 617. The summed E-state index contributed by atoms with van der Waals surface area (Å²) in [5, 5.41) is 3.08. The van der Waals surface area contributed by atoms with Gasteiger partial charge in [0.15, 0.2) is 0 Å². The second-order valence-electron chi connectivity index (χ2n) is 8.38. The Morgan fingerprint density at radius 2 is 2.11 bits per heavy atom. The Morgan fingerprint density at radius 3 is 2.89 bits per heavy atom. The van der Waals surface area contributed by atoms with E-state index in [1.165, 1.54) is 6.42 Å². The number of piperidine rings is 1. The third-order valence-electron chi connectivity index (χ3n) is 5.35. The highest BCUT2D eigenvalue weighted by molar-refractivity contribution is 5.74. The molecule has 2 amide bonds. The van der Waals surface area contributed by atoms with E-state index in [0.29, 0.717) is 25.0 Å². The summed E-state index contributed by atoms with van der Waals surface area (Å²) in [7, 11) is 0. The van der Waals surface area contributed by atoms with Crippen LogP contribution in [0.5, 0.6) is 5.75 Å². The van der Waals surface area contributed by atoms with Crippen molar-refractivity contribution in [2.45, 2.75) is 33.2 Å². The molecule has 0 saturated carbocycles. The number of hydrogen-bond donors (Lipinski definition) is 1. The number of ether oxygens (including phenoxy) is 2. The Hall–Kier alpha value is -1.79. The van der Waals surface area contributed by atoms with E-state index in [0.717, 1.165) is 63.7 Å². The Balaban J connectivity index is 1.44. The lowest BCUT2D eigenvalue weighted by Crippen LogP contribution is -2.48. The van der Waals surface area contributed by atoms with Gasteiger partial charge in [0.2, 0.25) is 0 Å². The lowest BCUT2D eigenvalue weighted by atomic mass is 9.97. The van der Waals surface area contributed by atoms with Gasteiger partial charge >= 0.3 is 6.03 Å². The summed E-state index contributed by atoms with van der Waals surface area (Å²) >= 11 is 0. The fourth-order valence-corrected chi connectivity index (χ4v) is 3.85. The number of rotatable bonds is 7. The van der Waals surface area contributed by atoms with Crippen molar-refractivity contribution in [3.05, 3.63) is 29.8 Å². The standard InChI is InChI=1S/C22H35N3O3/c1-18(2)17-28-21-7-3-5-19(13-21)14-23-22(26)25-8-4-6-20(16-25)15-24-9-11-27-12-10-24/h3,5,7,13,18,20H,4,6,8-12,14-17H2,1-2H3,(H,23,26)/t20-/m0/s1. The minimum absolute atomic E-state index is 0.0418. The van der Waals surface area contributed by atoms with E-state index in [9.17, 15) is 4.79 Å². The maximum Gasteiger partial charge on any atom is 0.317 e. The van der Waals surface area contributed by atoms with Gasteiger partial charge in [-0.15, -0.1) is 0 Å². The van der Waals surface area contributed by atoms with Gasteiger partial charge in [0.05, 0.1) is 19.8 Å². The van der Waals surface area contributed by atoms with E-state index in [-0.39, 0.29) is 6.03 Å². The molecule has 0 aliphatic carbocycles. The average molecular weight is 390 g/mol. The molecule has 1 aromatic rings. The van der Waals surface area contributed by atoms with Gasteiger partial charge in [0, 0.05) is 39.3 Å². The first-order chi connectivity index (χ1) is 13.6. The second kappa shape index (κ2) is 10.7. The van der Waals surface area contributed by atoms with Crippen molar-refractivity contribution in [1.82, 2.24) is 15.1 Å². The largest absolute Gasteiger partial charge is 0.493 e. The number of benzene rings is 1. The van der Waals surface area contributed by atoms with Crippen LogP contribution in [0.15, 0.2) is 24.3 Å². The molecule has 6 heteroatoms. The number of carbonyl (C=O) groups excluding carboxylic acids is 1. The highest BCUT2D eigenvalue weighted by Crippen LogP contribution is 2.19. The van der Waals surface area contributed by atoms with Gasteiger partial charge in [-0.3, -0.25) is 4.90 Å². The first kappa shape index (κ1) is 20.9. The molecule has 2 aliphatic rings. The summed E-state index contributed by atoms with van der Waals surface area (Å²) in [6, 6.07) is 8.03. The summed E-state index contributed by atoms with van der Waals surface area (Å²) in [5.41, 5.74) is 1.07. The van der Waals surface area contributed by atoms with Gasteiger partial charge in [0.25, 0.3) is 0 Å². The highest BCUT2D eigenvalue weighted by atomic mass is 16.5. The maximum atomic E-state index is 12.7. The quantitative estimate of drug-likeness (QED) is 0.779. The smallest absolute Gasteiger partial charge is 0.317 e. The van der Waals surface area contributed by atoms with Gasteiger partial charge in [-0.25, -0.2) is 4.79 Å². The lowest BCUT2D eigenvalue weighted by molar-refractivity contribution is 0.0249. The number of hydrogen-bond acceptors (Lipinski definition) is 4. The number of likely N-dealkylation sites (tertiary alicyclic amines) is 1. The van der Waals surface area contributed by atoms with Crippen LogP contribution in [0.3, 0.4) is 0 Å². The van der Waals surface area contributed by atoms with E-state index < -0.39 is 0 Å². The molecule has 0 spiro atoms. The molecular formula is C22H35N3O3. The molecule has 6 nitrogen and oxygen atoms in total. The van der Waals surface area contributed by atoms with E-state index in [4.69, 9.17) is 9.47 Å². The summed E-state index contributed by atoms with van der Waals surface area (Å²) in [5.74, 6) is 1.92. The number of morpholine rings is 1. The zero-order chi connectivity index (χ0) is 19.8. The van der Waals surface area contributed by atoms with Crippen LogP contribution < -0.4 is 10.1 Å². The molecule has 0 unspecified atom stereocenters. The monoisotopic (exact) mass is 389 g/mol. The van der Waals surface area contributed by atoms with E-state index >= 15 is 0 Å². The van der Waals surface area contributed by atoms with Crippen molar-refractivity contribution < 1.29 is 14.3 Å². The van der Waals surface area contributed by atoms with Gasteiger partial charge in [-0.05, 0) is 42.4 Å². The second-order valence-corrected chi connectivity index (χ2v) is 8.38. The highest BCUT2D eigenvalue weighted by Gasteiger charge is 2.25. The van der Waals surface area contributed by atoms with Crippen molar-refractivity contribution in [3.63, 3.8) is 0 Å². The van der Waals surface area contributed by atoms with Crippen molar-refractivity contribution in [1.29, 1.82) is 0 Å². The van der Waals surface area contributed by atoms with Gasteiger partial charge in [-0.2, -0.15) is 0 Å². The number of urea groups is 1. The van der Waals surface area contributed by atoms with E-state index in [1.54, 1.807) is 0 Å². The fourth-order valence-electron chi connectivity index (χ4n) is 3.85. The van der Waals surface area contributed by atoms with Crippen molar-refractivity contribution in [2.75, 3.05) is 52.5 Å². The minimum Gasteiger partial charge on any atom is -0.493 e. The SMILES string of the molecule is CC(C)COc1cccc(CNC(=O)N2CCC[C@@H](CN3CCOCC3)C2)c1. The number of carbonyl (C=O) groups is 1. The molecular weight excluding hydrogens is 354 g/mol. The first-order valence-corrected chi connectivity index (χ1v) is 10.6. The molecule has 28 heavy (non-hydrogen) atoms. The molecule has 1 N–H and O–H groups in total. The molecule has 2 fully saturated rings. The predicted molar refractivity (Wildman–Crippen MR) is 111 cm³/mol. The summed E-state index contributed by atoms with van der Waals surface area (Å²) in [6.45, 7) is 12.0. The maximum absolute atomic E-state index is 12.7. The molecule has 0 radical (unpaired) electrons. The third kappa shape index (κ3) is 6.67. The van der Waals surface area contributed by atoms with Crippen LogP contribution in [0, 0.1) is 11.8 Å². The van der Waals surface area contributed by atoms with Crippen LogP contribution in [-0.2, 0) is 11.3 Å². The first-order valence-electron chi connectivity index (χ1n) is 10.6. The molecule has 2 saturated heterocycles. The fraction of sp³-hybridized carbons (Fsp3) is 0.682. The van der Waals surface area contributed by atoms with Gasteiger partial charge in [-0.1, -0.05) is 26.0 Å². The summed E-state index contributed by atoms with van der Waals surface area (Å²) in [6.07, 6.45) is 2.29. The van der Waals surface area contributed by atoms with Crippen LogP contribution in [0.4, 0.5) is 4.79 Å². The number of nitrogens with one attached hydrogen (secondary N) is 1. The molecule has 1 aromatic carbocycles. The van der Waals surface area contributed by atoms with Crippen molar-refractivity contribution in [2.24, 2.45) is 11.8 Å².